The second-order valence-corrected chi connectivity index (χ2v) is 10.8. The normalized spacial score (nSPS) is 58.3. The van der Waals surface area contributed by atoms with Crippen molar-refractivity contribution < 1.29 is 0 Å². The van der Waals surface area contributed by atoms with Crippen molar-refractivity contribution >= 4 is 18.1 Å². The zero-order valence-electron chi connectivity index (χ0n) is 14.4. The van der Waals surface area contributed by atoms with E-state index < -0.39 is 0 Å². The summed E-state index contributed by atoms with van der Waals surface area (Å²) in [5, 5.41) is 9.44. The Morgan fingerprint density at radius 1 is 0.522 bits per heavy atom. The molecule has 8 bridgehead atoms. The SMILES string of the molecule is Cl.N=C(C12CC3CC(CC(C3)C1)C2)C12CC3CC(CC(C3)C1)C2. The Bertz CT molecular complexity index is 419. The minimum absolute atomic E-state index is 0. The highest BCUT2D eigenvalue weighted by Crippen LogP contribution is 2.67. The van der Waals surface area contributed by atoms with E-state index >= 15 is 0 Å². The Kier molecular flexibility index (Phi) is 3.16. The molecule has 0 aromatic rings. The molecule has 0 spiro atoms. The van der Waals surface area contributed by atoms with Crippen LogP contribution >= 0.6 is 12.4 Å². The first-order valence-corrected chi connectivity index (χ1v) is 10.2. The quantitative estimate of drug-likeness (QED) is 0.612. The first-order valence-electron chi connectivity index (χ1n) is 10.2. The summed E-state index contributed by atoms with van der Waals surface area (Å²) in [5.74, 6) is 6.00. The van der Waals surface area contributed by atoms with E-state index in [1.165, 1.54) is 82.8 Å². The first-order chi connectivity index (χ1) is 10.6. The maximum Gasteiger partial charge on any atom is 0.0213 e. The molecule has 0 aromatic heterocycles. The Morgan fingerprint density at radius 3 is 0.957 bits per heavy atom. The highest BCUT2D eigenvalue weighted by atomic mass is 35.5. The molecular weight excluding hydrogens is 302 g/mol. The topological polar surface area (TPSA) is 23.9 Å². The molecule has 0 heterocycles. The van der Waals surface area contributed by atoms with Crippen LogP contribution in [0.5, 0.6) is 0 Å². The largest absolute Gasteiger partial charge is 0.309 e. The van der Waals surface area contributed by atoms with Gasteiger partial charge < -0.3 is 5.41 Å². The van der Waals surface area contributed by atoms with Gasteiger partial charge in [0.05, 0.1) is 0 Å². The van der Waals surface area contributed by atoms with E-state index in [9.17, 15) is 5.41 Å². The van der Waals surface area contributed by atoms with Crippen LogP contribution in [0.4, 0.5) is 0 Å². The molecule has 8 fully saturated rings. The summed E-state index contributed by atoms with van der Waals surface area (Å²) < 4.78 is 0. The minimum Gasteiger partial charge on any atom is -0.309 e. The van der Waals surface area contributed by atoms with Gasteiger partial charge in [0.1, 0.15) is 0 Å². The third-order valence-corrected chi connectivity index (χ3v) is 9.14. The van der Waals surface area contributed by atoms with Crippen molar-refractivity contribution in [3.8, 4) is 0 Å². The van der Waals surface area contributed by atoms with Crippen LogP contribution in [0.15, 0.2) is 0 Å². The van der Waals surface area contributed by atoms with Gasteiger partial charge in [-0.25, -0.2) is 0 Å². The summed E-state index contributed by atoms with van der Waals surface area (Å²) >= 11 is 0. The molecule has 1 nitrogen and oxygen atoms in total. The van der Waals surface area contributed by atoms with Crippen LogP contribution in [-0.2, 0) is 0 Å². The average Bonchev–Trinajstić information content (AvgIpc) is 2.43. The molecule has 0 unspecified atom stereocenters. The number of hydrogen-bond acceptors (Lipinski definition) is 1. The van der Waals surface area contributed by atoms with Crippen molar-refractivity contribution in [3.63, 3.8) is 0 Å². The van der Waals surface area contributed by atoms with Gasteiger partial charge in [-0.05, 0) is 113 Å². The number of nitrogens with one attached hydrogen (secondary N) is 1. The van der Waals surface area contributed by atoms with Crippen LogP contribution < -0.4 is 0 Å². The smallest absolute Gasteiger partial charge is 0.0213 e. The maximum absolute atomic E-state index is 9.44. The van der Waals surface area contributed by atoms with E-state index in [1.807, 2.05) is 0 Å². The number of hydrogen-bond donors (Lipinski definition) is 1. The molecule has 2 heteroatoms. The van der Waals surface area contributed by atoms with Gasteiger partial charge in [-0.15, -0.1) is 12.4 Å². The lowest BCUT2D eigenvalue weighted by molar-refractivity contribution is -0.0460. The zero-order valence-corrected chi connectivity index (χ0v) is 15.2. The molecule has 23 heavy (non-hydrogen) atoms. The van der Waals surface area contributed by atoms with Gasteiger partial charge >= 0.3 is 0 Å². The summed E-state index contributed by atoms with van der Waals surface area (Å²) in [6.07, 6.45) is 17.6. The van der Waals surface area contributed by atoms with Gasteiger partial charge in [0.15, 0.2) is 0 Å². The molecule has 8 rings (SSSR count). The molecule has 8 saturated carbocycles. The molecular formula is C21H32ClN. The summed E-state index contributed by atoms with van der Waals surface area (Å²) in [5.41, 5.74) is 2.10. The van der Waals surface area contributed by atoms with E-state index in [1.54, 1.807) is 0 Å². The van der Waals surface area contributed by atoms with Crippen LogP contribution in [0.2, 0.25) is 0 Å². The monoisotopic (exact) mass is 333 g/mol. The minimum atomic E-state index is 0. The molecule has 1 N–H and O–H groups in total. The van der Waals surface area contributed by atoms with E-state index in [-0.39, 0.29) is 12.4 Å². The van der Waals surface area contributed by atoms with Crippen molar-refractivity contribution in [1.82, 2.24) is 0 Å². The summed E-state index contributed by atoms with van der Waals surface area (Å²) in [4.78, 5) is 0. The standard InChI is InChI=1S/C21H31N.ClH/c22-19(20-7-13-1-14(8-20)3-15(2-13)9-20)21-10-16-4-17(11-21)6-18(5-16)12-21;/h13-18,22H,1-12H2;1H. The van der Waals surface area contributed by atoms with Crippen LogP contribution in [0.1, 0.15) is 77.0 Å². The molecule has 0 aliphatic heterocycles. The Labute approximate surface area is 147 Å². The van der Waals surface area contributed by atoms with Crippen LogP contribution in [-0.4, -0.2) is 5.71 Å². The Balaban J connectivity index is 0.00000121. The molecule has 128 valence electrons. The molecule has 0 aromatic carbocycles. The van der Waals surface area contributed by atoms with Gasteiger partial charge in [0.2, 0.25) is 0 Å². The first kappa shape index (κ1) is 15.2. The van der Waals surface area contributed by atoms with Crippen LogP contribution in [0.25, 0.3) is 0 Å². The maximum atomic E-state index is 9.44. The van der Waals surface area contributed by atoms with Gasteiger partial charge in [0, 0.05) is 16.5 Å². The van der Waals surface area contributed by atoms with E-state index in [4.69, 9.17) is 0 Å². The highest BCUT2D eigenvalue weighted by Gasteiger charge is 2.60. The van der Waals surface area contributed by atoms with Gasteiger partial charge in [-0.2, -0.15) is 0 Å². The average molecular weight is 334 g/mol. The second-order valence-electron chi connectivity index (χ2n) is 10.8. The summed E-state index contributed by atoms with van der Waals surface area (Å²) in [6, 6.07) is 0. The van der Waals surface area contributed by atoms with Crippen molar-refractivity contribution in [2.75, 3.05) is 0 Å². The Hall–Kier alpha value is -0.0400. The predicted molar refractivity (Wildman–Crippen MR) is 96.2 cm³/mol. The fourth-order valence-corrected chi connectivity index (χ4v) is 9.40. The van der Waals surface area contributed by atoms with Crippen molar-refractivity contribution in [2.24, 2.45) is 46.3 Å². The van der Waals surface area contributed by atoms with Crippen molar-refractivity contribution in [3.05, 3.63) is 0 Å². The fraction of sp³-hybridized carbons (Fsp3) is 0.952. The van der Waals surface area contributed by atoms with Crippen LogP contribution in [0.3, 0.4) is 0 Å². The number of rotatable bonds is 2. The molecule has 0 radical (unpaired) electrons. The molecule has 8 aliphatic carbocycles. The Morgan fingerprint density at radius 2 is 0.739 bits per heavy atom. The fourth-order valence-electron chi connectivity index (χ4n) is 9.40. The highest BCUT2D eigenvalue weighted by molar-refractivity contribution is 5.93. The van der Waals surface area contributed by atoms with Crippen molar-refractivity contribution in [2.45, 2.75) is 77.0 Å². The second kappa shape index (κ2) is 4.77. The molecule has 8 aliphatic rings. The van der Waals surface area contributed by atoms with Gasteiger partial charge in [-0.1, -0.05) is 0 Å². The third-order valence-electron chi connectivity index (χ3n) is 9.14. The van der Waals surface area contributed by atoms with E-state index in [2.05, 4.69) is 0 Å². The van der Waals surface area contributed by atoms with Gasteiger partial charge in [0.25, 0.3) is 0 Å². The molecule has 0 atom stereocenters. The lowest BCUT2D eigenvalue weighted by atomic mass is 9.41. The van der Waals surface area contributed by atoms with Gasteiger partial charge in [-0.3, -0.25) is 0 Å². The number of halogens is 1. The van der Waals surface area contributed by atoms with E-state index in [0.717, 1.165) is 35.5 Å². The van der Waals surface area contributed by atoms with Crippen molar-refractivity contribution in [1.29, 1.82) is 5.41 Å². The zero-order chi connectivity index (χ0) is 14.5. The lowest BCUT2D eigenvalue weighted by Crippen LogP contribution is -2.58. The summed E-state index contributed by atoms with van der Waals surface area (Å²) in [7, 11) is 0. The predicted octanol–water partition coefficient (Wildman–Crippen LogP) is 5.86. The van der Waals surface area contributed by atoms with Crippen LogP contribution in [0, 0.1) is 51.7 Å². The van der Waals surface area contributed by atoms with E-state index in [0.29, 0.717) is 10.8 Å². The molecule has 0 amide bonds. The molecule has 0 saturated heterocycles. The summed E-state index contributed by atoms with van der Waals surface area (Å²) in [6.45, 7) is 0. The lowest BCUT2D eigenvalue weighted by Gasteiger charge is -2.63. The third kappa shape index (κ3) is 2.01.